The average Bonchev–Trinajstić information content (AvgIpc) is 3.45. The topological polar surface area (TPSA) is 38.3 Å². The highest BCUT2D eigenvalue weighted by Gasteiger charge is 2.44. The van der Waals surface area contributed by atoms with Crippen molar-refractivity contribution in [1.29, 1.82) is 0 Å². The Balaban J connectivity index is 1.54. The summed E-state index contributed by atoms with van der Waals surface area (Å²) in [5, 5.41) is 2.66. The molecule has 2 aromatic rings. The molecule has 2 aromatic carbocycles. The van der Waals surface area contributed by atoms with Crippen LogP contribution in [0.15, 0.2) is 42.5 Å². The van der Waals surface area contributed by atoms with E-state index >= 15 is 0 Å². The van der Waals surface area contributed by atoms with Crippen molar-refractivity contribution in [2.75, 3.05) is 11.9 Å². The number of alkyl halides is 4. The number of halogens is 6. The second-order valence-electron chi connectivity index (χ2n) is 6.87. The molecule has 0 radical (unpaired) electrons. The smallest absolute Gasteiger partial charge is 0.330 e. The molecule has 2 unspecified atom stereocenters. The van der Waals surface area contributed by atoms with Gasteiger partial charge in [0, 0.05) is 11.6 Å². The molecule has 0 aromatic heterocycles. The zero-order valence-corrected chi connectivity index (χ0v) is 15.0. The number of hydrogen-bond donors (Lipinski definition) is 1. The summed E-state index contributed by atoms with van der Waals surface area (Å²) in [6, 6.07) is 9.66. The van der Waals surface area contributed by atoms with Crippen LogP contribution in [0.3, 0.4) is 0 Å². The van der Waals surface area contributed by atoms with Gasteiger partial charge in [-0.2, -0.15) is 8.78 Å². The van der Waals surface area contributed by atoms with E-state index in [1.54, 1.807) is 12.1 Å². The molecule has 0 aliphatic heterocycles. The van der Waals surface area contributed by atoms with E-state index in [1.165, 1.54) is 18.2 Å². The Hall–Kier alpha value is -2.55. The van der Waals surface area contributed by atoms with E-state index in [0.717, 1.165) is 12.1 Å². The molecule has 1 aliphatic carbocycles. The molecule has 3 rings (SSSR count). The van der Waals surface area contributed by atoms with Crippen LogP contribution in [0, 0.1) is 17.6 Å². The fourth-order valence-corrected chi connectivity index (χ4v) is 2.94. The summed E-state index contributed by atoms with van der Waals surface area (Å²) in [4.78, 5) is 12.3. The molecular weight excluding hydrogens is 400 g/mol. The number of carbonyl (C=O) groups is 1. The molecule has 0 spiro atoms. The van der Waals surface area contributed by atoms with Gasteiger partial charge in [0.25, 0.3) is 0 Å². The van der Waals surface area contributed by atoms with Crippen LogP contribution in [0.25, 0.3) is 0 Å². The molecule has 2 atom stereocenters. The summed E-state index contributed by atoms with van der Waals surface area (Å²) in [5.74, 6) is -7.09. The number of anilines is 1. The minimum Gasteiger partial charge on any atom is -0.370 e. The van der Waals surface area contributed by atoms with E-state index in [2.05, 4.69) is 10.1 Å². The van der Waals surface area contributed by atoms with Crippen molar-refractivity contribution in [2.45, 2.75) is 31.3 Å². The maximum absolute atomic E-state index is 13.3. The first-order chi connectivity index (χ1) is 13.7. The lowest BCUT2D eigenvalue weighted by molar-refractivity contribution is -0.168. The van der Waals surface area contributed by atoms with Gasteiger partial charge in [-0.25, -0.2) is 17.6 Å². The number of rotatable bonds is 8. The molecule has 0 bridgehead atoms. The molecule has 156 valence electrons. The highest BCUT2D eigenvalue weighted by molar-refractivity contribution is 5.95. The first-order valence-corrected chi connectivity index (χ1v) is 8.76. The van der Waals surface area contributed by atoms with Crippen LogP contribution in [0.1, 0.15) is 23.5 Å². The third kappa shape index (κ3) is 5.29. The number of nitrogens with one attached hydrogen (secondary N) is 1. The largest absolute Gasteiger partial charge is 0.370 e. The normalized spacial score (nSPS) is 18.7. The van der Waals surface area contributed by atoms with Gasteiger partial charge in [-0.3, -0.25) is 4.79 Å². The summed E-state index contributed by atoms with van der Waals surface area (Å²) >= 11 is 0. The van der Waals surface area contributed by atoms with Crippen molar-refractivity contribution in [3.8, 4) is 0 Å². The van der Waals surface area contributed by atoms with Gasteiger partial charge in [0.05, 0.1) is 6.61 Å². The minimum absolute atomic E-state index is 0.215. The Bertz CT molecular complexity index is 889. The summed E-state index contributed by atoms with van der Waals surface area (Å²) in [7, 11) is 0. The number of ether oxygens (including phenoxy) is 1. The average molecular weight is 417 g/mol. The fourth-order valence-electron chi connectivity index (χ4n) is 2.94. The molecule has 9 heteroatoms. The van der Waals surface area contributed by atoms with Crippen molar-refractivity contribution in [2.24, 2.45) is 5.92 Å². The van der Waals surface area contributed by atoms with E-state index in [4.69, 9.17) is 0 Å². The molecule has 1 saturated carbocycles. The van der Waals surface area contributed by atoms with Crippen LogP contribution >= 0.6 is 0 Å². The highest BCUT2D eigenvalue weighted by Crippen LogP contribution is 2.48. The van der Waals surface area contributed by atoms with Crippen LogP contribution in [0.5, 0.6) is 0 Å². The van der Waals surface area contributed by atoms with E-state index in [0.29, 0.717) is 23.2 Å². The van der Waals surface area contributed by atoms with Gasteiger partial charge in [0.1, 0.15) is 6.61 Å². The second kappa shape index (κ2) is 8.44. The monoisotopic (exact) mass is 417 g/mol. The van der Waals surface area contributed by atoms with E-state index in [1.807, 2.05) is 0 Å². The quantitative estimate of drug-likeness (QED) is 0.606. The summed E-state index contributed by atoms with van der Waals surface area (Å²) < 4.78 is 80.9. The summed E-state index contributed by atoms with van der Waals surface area (Å²) in [6.07, 6.45) is -3.32. The van der Waals surface area contributed by atoms with E-state index in [-0.39, 0.29) is 18.4 Å². The van der Waals surface area contributed by atoms with E-state index < -0.39 is 36.5 Å². The predicted molar refractivity (Wildman–Crippen MR) is 92.9 cm³/mol. The van der Waals surface area contributed by atoms with Crippen molar-refractivity contribution in [1.82, 2.24) is 0 Å². The maximum atomic E-state index is 13.3. The Kier molecular flexibility index (Phi) is 6.16. The first kappa shape index (κ1) is 21.2. The molecular formula is C20H17F6NO2. The Morgan fingerprint density at radius 1 is 1.14 bits per heavy atom. The van der Waals surface area contributed by atoms with Gasteiger partial charge in [-0.05, 0) is 47.7 Å². The molecule has 3 nitrogen and oxygen atoms in total. The van der Waals surface area contributed by atoms with Gasteiger partial charge < -0.3 is 10.1 Å². The van der Waals surface area contributed by atoms with Crippen molar-refractivity contribution in [3.05, 3.63) is 65.2 Å². The van der Waals surface area contributed by atoms with Crippen LogP contribution in [-0.4, -0.2) is 24.9 Å². The highest BCUT2D eigenvalue weighted by atomic mass is 19.3. The first-order valence-electron chi connectivity index (χ1n) is 8.76. The molecule has 1 amide bonds. The number of benzene rings is 2. The van der Waals surface area contributed by atoms with E-state index in [9.17, 15) is 31.1 Å². The molecule has 0 heterocycles. The van der Waals surface area contributed by atoms with Crippen LogP contribution in [0.2, 0.25) is 0 Å². The van der Waals surface area contributed by atoms with Crippen molar-refractivity contribution in [3.63, 3.8) is 0 Å². The molecule has 29 heavy (non-hydrogen) atoms. The third-order valence-corrected chi connectivity index (χ3v) is 4.58. The molecule has 0 saturated heterocycles. The number of carbonyl (C=O) groups excluding carboxylic acids is 1. The number of amides is 1. The van der Waals surface area contributed by atoms with Gasteiger partial charge in [-0.15, -0.1) is 0 Å². The number of hydrogen-bond acceptors (Lipinski definition) is 2. The lowest BCUT2D eigenvalue weighted by Gasteiger charge is -2.15. The lowest BCUT2D eigenvalue weighted by Crippen LogP contribution is -2.32. The SMILES string of the molecule is O=C(Nc1cccc(COCC(F)(F)C(F)F)c1)C1CC1c1ccc(F)c(F)c1. The predicted octanol–water partition coefficient (Wildman–Crippen LogP) is 5.12. The molecule has 1 N–H and O–H groups in total. The standard InChI is InChI=1S/C20H17F6NO2/c21-16-5-4-12(7-17(16)22)14-8-15(14)18(28)27-13-3-1-2-11(6-13)9-29-10-20(25,26)19(23)24/h1-7,14-15,19H,8-10H2,(H,27,28). The summed E-state index contributed by atoms with van der Waals surface area (Å²) in [5.41, 5.74) is 1.33. The zero-order valence-electron chi connectivity index (χ0n) is 15.0. The van der Waals surface area contributed by atoms with Gasteiger partial charge in [0.2, 0.25) is 5.91 Å². The molecule has 1 fully saturated rings. The zero-order chi connectivity index (χ0) is 21.2. The van der Waals surface area contributed by atoms with Crippen LogP contribution in [-0.2, 0) is 16.1 Å². The Labute approximate surface area is 162 Å². The second-order valence-corrected chi connectivity index (χ2v) is 6.87. The van der Waals surface area contributed by atoms with Gasteiger partial charge in [-0.1, -0.05) is 18.2 Å². The Morgan fingerprint density at radius 2 is 1.90 bits per heavy atom. The van der Waals surface area contributed by atoms with Crippen LogP contribution < -0.4 is 5.32 Å². The van der Waals surface area contributed by atoms with Crippen molar-refractivity contribution < 1.29 is 35.9 Å². The minimum atomic E-state index is -4.23. The maximum Gasteiger partial charge on any atom is 0.330 e. The van der Waals surface area contributed by atoms with Gasteiger partial charge in [0.15, 0.2) is 11.6 Å². The lowest BCUT2D eigenvalue weighted by atomic mass is 10.1. The summed E-state index contributed by atoms with van der Waals surface area (Å²) in [6.45, 7) is -1.74. The molecule has 1 aliphatic rings. The third-order valence-electron chi connectivity index (χ3n) is 4.58. The van der Waals surface area contributed by atoms with Crippen LogP contribution in [0.4, 0.5) is 32.0 Å². The fraction of sp³-hybridized carbons (Fsp3) is 0.350. The van der Waals surface area contributed by atoms with Gasteiger partial charge >= 0.3 is 12.3 Å². The Morgan fingerprint density at radius 3 is 2.59 bits per heavy atom. The van der Waals surface area contributed by atoms with Crippen molar-refractivity contribution >= 4 is 11.6 Å².